The molecule has 12 heteroatoms. The van der Waals surface area contributed by atoms with Crippen molar-refractivity contribution in [2.75, 3.05) is 0 Å². The molecule has 0 bridgehead atoms. The van der Waals surface area contributed by atoms with E-state index in [1.165, 1.54) is 39.8 Å². The maximum absolute atomic E-state index is 13.5. The third kappa shape index (κ3) is 23.7. The van der Waals surface area contributed by atoms with Gasteiger partial charge in [0.1, 0.15) is 37.7 Å². The van der Waals surface area contributed by atoms with Crippen molar-refractivity contribution in [3.8, 4) is 16.9 Å². The molecule has 9 aromatic rings. The first-order valence-corrected chi connectivity index (χ1v) is 35.2. The highest BCUT2D eigenvalue weighted by Gasteiger charge is 2.31. The highest BCUT2D eigenvalue weighted by molar-refractivity contribution is 5.91. The number of carbonyl (C=O) groups excluding carboxylic acids is 3. The summed E-state index contributed by atoms with van der Waals surface area (Å²) >= 11 is 0. The van der Waals surface area contributed by atoms with Gasteiger partial charge >= 0.3 is 17.9 Å². The SMILES string of the molecule is CCC(C)c1ccc(COC(=O)c2c(F)c(F)c(F)c(F)c2F)cc1.CCC(C)c1ccc(COC(=O)c2cc(C(C)(C)C)cc(C(C)(C)C)c2)cc1.CCC(C)c1ccc(COC(=O)c2ccc(C(C)(C)C)cc2)cc1.CCC(C)c1ccc(COc2ccccc2-c2ccccc2)cc1. The zero-order chi connectivity index (χ0) is 74.4. The first-order valence-electron chi connectivity index (χ1n) is 35.2. The summed E-state index contributed by atoms with van der Waals surface area (Å²) < 4.78 is 88.1. The minimum absolute atomic E-state index is 0.0257. The largest absolute Gasteiger partial charge is 0.488 e. The molecule has 0 spiro atoms. The Balaban J connectivity index is 0.000000212. The fraction of sp³-hybridized carbons (Fsp3) is 0.360. The van der Waals surface area contributed by atoms with Gasteiger partial charge in [-0.15, -0.1) is 0 Å². The highest BCUT2D eigenvalue weighted by Crippen LogP contribution is 2.34. The van der Waals surface area contributed by atoms with E-state index in [0.717, 1.165) is 58.4 Å². The van der Waals surface area contributed by atoms with Crippen molar-refractivity contribution in [2.45, 2.75) is 210 Å². The summed E-state index contributed by atoms with van der Waals surface area (Å²) in [5.41, 5.74) is 14.4. The van der Waals surface area contributed by atoms with E-state index in [2.05, 4.69) is 212 Å². The van der Waals surface area contributed by atoms with E-state index in [4.69, 9.17) is 14.2 Å². The molecule has 0 radical (unpaired) electrons. The van der Waals surface area contributed by atoms with Crippen molar-refractivity contribution in [1.82, 2.24) is 0 Å². The molecule has 9 rings (SSSR count). The van der Waals surface area contributed by atoms with Crippen LogP contribution < -0.4 is 4.74 Å². The summed E-state index contributed by atoms with van der Waals surface area (Å²) in [6, 6.07) is 64.9. The molecule has 536 valence electrons. The van der Waals surface area contributed by atoms with E-state index in [-0.39, 0.29) is 34.8 Å². The zero-order valence-electron chi connectivity index (χ0n) is 62.2. The molecule has 0 heterocycles. The van der Waals surface area contributed by atoms with Gasteiger partial charge < -0.3 is 18.9 Å². The van der Waals surface area contributed by atoms with Crippen LogP contribution in [-0.4, -0.2) is 17.9 Å². The molecule has 0 aliphatic carbocycles. The summed E-state index contributed by atoms with van der Waals surface area (Å²) in [7, 11) is 0. The summed E-state index contributed by atoms with van der Waals surface area (Å²) in [5, 5.41) is 0. The first-order chi connectivity index (χ1) is 47.8. The molecule has 0 aliphatic rings. The molecule has 4 unspecified atom stereocenters. The van der Waals surface area contributed by atoms with Crippen LogP contribution in [0.4, 0.5) is 22.0 Å². The van der Waals surface area contributed by atoms with Gasteiger partial charge in [-0.05, 0) is 163 Å². The quantitative estimate of drug-likeness (QED) is 0.0233. The van der Waals surface area contributed by atoms with E-state index in [1.807, 2.05) is 92.7 Å². The number of ether oxygens (including phenoxy) is 4. The Kier molecular flexibility index (Phi) is 30.0. The van der Waals surface area contributed by atoms with Gasteiger partial charge in [-0.3, -0.25) is 0 Å². The van der Waals surface area contributed by atoms with E-state index >= 15 is 0 Å². The standard InChI is InChI=1S/C26H36O2.C23H24O.C22H28O2.C18H15F5O2/c1-9-18(2)20-12-10-19(11-13-20)17-28-24(27)21-14-22(25(3,4)5)16-23(15-21)26(6,7)8;1-3-18(2)20-15-13-19(14-16-20)17-24-23-12-8-7-11-22(23)21-9-5-4-6-10-21;1-6-16(2)18-9-7-17(8-10-18)15-24-21(23)19-11-13-20(14-12-19)22(3,4)5;1-3-9(2)11-6-4-10(5-7-11)8-25-18(24)12-13(19)15(21)17(23)16(22)14(12)20/h10-16,18H,9,17H2,1-8H3;4-16,18H,3,17H2,1-2H3;7-14,16H,6,15H2,1-5H3;4-7,9H,3,8H2,1-2H3. The van der Waals surface area contributed by atoms with Gasteiger partial charge in [-0.25, -0.2) is 36.3 Å². The summed E-state index contributed by atoms with van der Waals surface area (Å²) in [4.78, 5) is 36.7. The van der Waals surface area contributed by atoms with E-state index < -0.39 is 40.6 Å². The number of hydrogen-bond acceptors (Lipinski definition) is 7. The van der Waals surface area contributed by atoms with Crippen LogP contribution in [0.15, 0.2) is 194 Å². The second-order valence-corrected chi connectivity index (χ2v) is 29.2. The molecule has 4 atom stereocenters. The third-order valence-corrected chi connectivity index (χ3v) is 18.4. The van der Waals surface area contributed by atoms with Crippen molar-refractivity contribution < 1.29 is 55.3 Å². The maximum Gasteiger partial charge on any atom is 0.344 e. The number of carbonyl (C=O) groups is 3. The van der Waals surface area contributed by atoms with Crippen LogP contribution in [-0.2, 0) is 56.9 Å². The van der Waals surface area contributed by atoms with E-state index in [9.17, 15) is 36.3 Å². The van der Waals surface area contributed by atoms with Crippen molar-refractivity contribution in [3.63, 3.8) is 0 Å². The molecule has 0 N–H and O–H groups in total. The summed E-state index contributed by atoms with van der Waals surface area (Å²) in [6.07, 6.45) is 4.35. The van der Waals surface area contributed by atoms with Gasteiger partial charge in [0.05, 0.1) is 11.1 Å². The van der Waals surface area contributed by atoms with Gasteiger partial charge in [-0.2, -0.15) is 0 Å². The average Bonchev–Trinajstić information content (AvgIpc) is 0.795. The lowest BCUT2D eigenvalue weighted by Gasteiger charge is -2.25. The Morgan fingerprint density at radius 1 is 0.337 bits per heavy atom. The van der Waals surface area contributed by atoms with Crippen molar-refractivity contribution in [1.29, 1.82) is 0 Å². The lowest BCUT2D eigenvalue weighted by molar-refractivity contribution is 0.0452. The molecular weight excluding hydrogens is 1280 g/mol. The third-order valence-electron chi connectivity index (χ3n) is 18.4. The van der Waals surface area contributed by atoms with Crippen molar-refractivity contribution in [2.24, 2.45) is 0 Å². The Morgan fingerprint density at radius 2 is 0.653 bits per heavy atom. The van der Waals surface area contributed by atoms with Crippen molar-refractivity contribution >= 4 is 17.9 Å². The number of benzene rings is 9. The first kappa shape index (κ1) is 80.8. The minimum Gasteiger partial charge on any atom is -0.488 e. The van der Waals surface area contributed by atoms with E-state index in [1.54, 1.807) is 12.1 Å². The number of rotatable bonds is 21. The van der Waals surface area contributed by atoms with Crippen LogP contribution in [0.1, 0.15) is 259 Å². The number of halogens is 5. The van der Waals surface area contributed by atoms with Crippen molar-refractivity contribution in [3.05, 3.63) is 301 Å². The van der Waals surface area contributed by atoms with Crippen LogP contribution >= 0.6 is 0 Å². The molecule has 0 saturated heterocycles. The fourth-order valence-electron chi connectivity index (χ4n) is 10.5. The summed E-state index contributed by atoms with van der Waals surface area (Å²) in [6.45, 7) is 37.7. The Bertz CT molecular complexity index is 4030. The monoisotopic (exact) mass is 1380 g/mol. The van der Waals surface area contributed by atoms with Gasteiger partial charge in [0, 0.05) is 5.56 Å². The average molecular weight is 1380 g/mol. The number of hydrogen-bond donors (Lipinski definition) is 0. The molecule has 0 aromatic heterocycles. The Hall–Kier alpha value is -9.16. The van der Waals surface area contributed by atoms with Crippen LogP contribution in [0.3, 0.4) is 0 Å². The molecule has 101 heavy (non-hydrogen) atoms. The van der Waals surface area contributed by atoms with Gasteiger partial charge in [0.15, 0.2) is 23.3 Å². The summed E-state index contributed by atoms with van der Waals surface area (Å²) in [5.74, 6) is -10.3. The van der Waals surface area contributed by atoms with Gasteiger partial charge in [0.2, 0.25) is 5.82 Å². The van der Waals surface area contributed by atoms with Crippen LogP contribution in [0.5, 0.6) is 5.75 Å². The molecular formula is C89H103F5O7. The predicted molar refractivity (Wildman–Crippen MR) is 399 cm³/mol. The van der Waals surface area contributed by atoms with Crippen LogP contribution in [0.2, 0.25) is 0 Å². The van der Waals surface area contributed by atoms with Gasteiger partial charge in [-0.1, -0.05) is 281 Å². The number of para-hydroxylation sites is 1. The Morgan fingerprint density at radius 3 is 1.01 bits per heavy atom. The molecule has 9 aromatic carbocycles. The van der Waals surface area contributed by atoms with Crippen LogP contribution in [0.25, 0.3) is 11.1 Å². The topological polar surface area (TPSA) is 88.1 Å². The molecule has 0 aliphatic heterocycles. The fourth-order valence-corrected chi connectivity index (χ4v) is 10.5. The normalized spacial score (nSPS) is 12.5. The second-order valence-electron chi connectivity index (χ2n) is 29.2. The lowest BCUT2D eigenvalue weighted by atomic mass is 9.79. The minimum atomic E-state index is -2.33. The lowest BCUT2D eigenvalue weighted by Crippen LogP contribution is -2.18. The number of esters is 3. The van der Waals surface area contributed by atoms with Gasteiger partial charge in [0.25, 0.3) is 0 Å². The van der Waals surface area contributed by atoms with E-state index in [0.29, 0.717) is 60.2 Å². The Labute approximate surface area is 597 Å². The van der Waals surface area contributed by atoms with Crippen LogP contribution in [0, 0.1) is 29.1 Å². The zero-order valence-corrected chi connectivity index (χ0v) is 62.2. The predicted octanol–water partition coefficient (Wildman–Crippen LogP) is 24.7. The second kappa shape index (κ2) is 37.5. The molecule has 0 fully saturated rings. The molecule has 0 amide bonds. The maximum atomic E-state index is 13.5. The molecule has 7 nitrogen and oxygen atoms in total. The smallest absolute Gasteiger partial charge is 0.344 e. The highest BCUT2D eigenvalue weighted by atomic mass is 19.2. The molecule has 0 saturated carbocycles.